The number of halogens is 1. The molecule has 0 N–H and O–H groups in total. The predicted octanol–water partition coefficient (Wildman–Crippen LogP) is 8.49. The number of benzene rings is 5. The molecule has 0 saturated heterocycles. The maximum atomic E-state index is 3.81. The van der Waals surface area contributed by atoms with E-state index in [2.05, 4.69) is 155 Å². The van der Waals surface area contributed by atoms with Gasteiger partial charge in [-0.3, -0.25) is 0 Å². The molecule has 158 valence electrons. The Bertz CT molecular complexity index is 1120. The first-order chi connectivity index (χ1) is 16.3. The minimum Gasteiger partial charge on any atom is -0.0999 e. The molecule has 0 radical (unpaired) electrons. The molecule has 5 aromatic rings. The zero-order chi connectivity index (χ0) is 22.5. The molecule has 0 aromatic heterocycles. The van der Waals surface area contributed by atoms with Gasteiger partial charge < -0.3 is 0 Å². The molecule has 0 saturated carbocycles. The molecule has 0 unspecified atom stereocenters. The molecule has 0 bridgehead atoms. The second-order valence-corrected chi connectivity index (χ2v) is 8.86. The van der Waals surface area contributed by atoms with Crippen molar-refractivity contribution in [3.63, 3.8) is 0 Å². The van der Waals surface area contributed by atoms with E-state index in [0.717, 1.165) is 4.47 Å². The summed E-state index contributed by atoms with van der Waals surface area (Å²) < 4.78 is 1.06. The van der Waals surface area contributed by atoms with Gasteiger partial charge in [0.2, 0.25) is 0 Å². The number of hydrogen-bond donors (Lipinski definition) is 0. The normalized spacial score (nSPS) is 10.6. The fourth-order valence-electron chi connectivity index (χ4n) is 4.30. The molecular weight excluding hydrogens is 464 g/mol. The summed E-state index contributed by atoms with van der Waals surface area (Å²) in [6.45, 7) is 0. The minimum atomic E-state index is 1.06. The Morgan fingerprint density at radius 3 is 1.30 bits per heavy atom. The molecule has 0 nitrogen and oxygen atoms in total. The van der Waals surface area contributed by atoms with E-state index in [0.29, 0.717) is 0 Å². The van der Waals surface area contributed by atoms with E-state index in [4.69, 9.17) is 0 Å². The van der Waals surface area contributed by atoms with Gasteiger partial charge in [0.25, 0.3) is 0 Å². The van der Waals surface area contributed by atoms with Crippen LogP contribution in [0.2, 0.25) is 0 Å². The Morgan fingerprint density at radius 1 is 0.424 bits per heavy atom. The van der Waals surface area contributed by atoms with Gasteiger partial charge in [-0.25, -0.2) is 0 Å². The van der Waals surface area contributed by atoms with Gasteiger partial charge in [-0.15, -0.1) is 0 Å². The molecule has 33 heavy (non-hydrogen) atoms. The molecule has 0 atom stereocenters. The molecule has 0 fully saturated rings. The Labute approximate surface area is 204 Å². The van der Waals surface area contributed by atoms with Crippen LogP contribution in [0.25, 0.3) is 0 Å². The lowest BCUT2D eigenvalue weighted by Crippen LogP contribution is -2.09. The van der Waals surface area contributed by atoms with Crippen molar-refractivity contribution >= 4 is 15.9 Å². The maximum Gasteiger partial charge on any atom is 0.0528 e. The first-order valence-electron chi connectivity index (χ1n) is 11.1. The third-order valence-corrected chi connectivity index (χ3v) is 6.18. The van der Waals surface area contributed by atoms with Crippen LogP contribution < -0.4 is 0 Å². The monoisotopic (exact) mass is 486 g/mol. The van der Waals surface area contributed by atoms with Crippen molar-refractivity contribution in [2.45, 2.75) is 0 Å². The van der Waals surface area contributed by atoms with Crippen molar-refractivity contribution in [1.82, 2.24) is 0 Å². The lowest BCUT2D eigenvalue weighted by atomic mass is 9.80. The van der Waals surface area contributed by atoms with E-state index in [1.54, 1.807) is 0 Å². The van der Waals surface area contributed by atoms with Crippen LogP contribution in [0.1, 0.15) is 33.4 Å². The average molecular weight is 487 g/mol. The van der Waals surface area contributed by atoms with E-state index < -0.39 is 0 Å². The molecular formula is C32H23Br. The van der Waals surface area contributed by atoms with Crippen LogP contribution in [0.3, 0.4) is 0 Å². The van der Waals surface area contributed by atoms with E-state index >= 15 is 0 Å². The van der Waals surface area contributed by atoms with Gasteiger partial charge in [-0.2, -0.15) is 0 Å². The van der Waals surface area contributed by atoms with E-state index in [1.165, 1.54) is 45.2 Å². The molecule has 0 spiro atoms. The molecule has 1 heteroatoms. The van der Waals surface area contributed by atoms with Crippen LogP contribution in [0, 0.1) is 11.8 Å². The Hall–Kier alpha value is -3.68. The molecule has 0 aliphatic carbocycles. The van der Waals surface area contributed by atoms with Gasteiger partial charge in [0, 0.05) is 10.0 Å². The van der Waals surface area contributed by atoms with E-state index in [-0.39, 0.29) is 0 Å². The Balaban J connectivity index is 1.69. The largest absolute Gasteiger partial charge is 0.0999 e. The van der Waals surface area contributed by atoms with Gasteiger partial charge in [0.05, 0.1) is 17.0 Å². The molecule has 0 heterocycles. The third-order valence-electron chi connectivity index (χ3n) is 5.72. The van der Waals surface area contributed by atoms with Crippen molar-refractivity contribution in [2.75, 3.05) is 0 Å². The molecule has 0 amide bonds. The summed E-state index contributed by atoms with van der Waals surface area (Å²) in [5.41, 5.74) is 7.17. The SMILES string of the molecule is Brc1cc([C+](c2ccccc2)c2ccccc2)cc([C-](c2ccccc2)c2ccccc2)c1. The van der Waals surface area contributed by atoms with Crippen molar-refractivity contribution < 1.29 is 0 Å². The minimum absolute atomic E-state index is 1.06. The standard InChI is InChI=1S/C32H23Br/c33-30-22-28(31(24-13-5-1-6-14-24)25-15-7-2-8-16-25)21-29(23-30)32(26-17-9-3-10-18-26)27-19-11-4-12-20-27/h1-23H. The van der Waals surface area contributed by atoms with Gasteiger partial charge in [-0.05, 0) is 54.6 Å². The van der Waals surface area contributed by atoms with Crippen LogP contribution in [0.15, 0.2) is 144 Å². The highest BCUT2D eigenvalue weighted by Gasteiger charge is 2.23. The Kier molecular flexibility index (Phi) is 6.32. The first kappa shape index (κ1) is 21.2. The molecule has 0 aliphatic rings. The lowest BCUT2D eigenvalue weighted by Gasteiger charge is -2.27. The second-order valence-electron chi connectivity index (χ2n) is 7.94. The predicted molar refractivity (Wildman–Crippen MR) is 141 cm³/mol. The summed E-state index contributed by atoms with van der Waals surface area (Å²) in [6.07, 6.45) is 0. The number of rotatable bonds is 6. The summed E-state index contributed by atoms with van der Waals surface area (Å²) in [6, 6.07) is 49.3. The summed E-state index contributed by atoms with van der Waals surface area (Å²) >= 11 is 3.81. The van der Waals surface area contributed by atoms with Crippen LogP contribution in [0.4, 0.5) is 0 Å². The molecule has 5 aromatic carbocycles. The highest BCUT2D eigenvalue weighted by Crippen LogP contribution is 2.37. The average Bonchev–Trinajstić information content (AvgIpc) is 2.87. The molecule has 0 aliphatic heterocycles. The van der Waals surface area contributed by atoms with Crippen molar-refractivity contribution in [3.8, 4) is 0 Å². The second kappa shape index (κ2) is 9.85. The van der Waals surface area contributed by atoms with Crippen LogP contribution >= 0.6 is 15.9 Å². The smallest absolute Gasteiger partial charge is 0.0528 e. The van der Waals surface area contributed by atoms with Gasteiger partial charge in [0.1, 0.15) is 0 Å². The quantitative estimate of drug-likeness (QED) is 0.166. The fraction of sp³-hybridized carbons (Fsp3) is 0. The highest BCUT2D eigenvalue weighted by atomic mass is 79.9. The van der Waals surface area contributed by atoms with E-state index in [1.807, 2.05) is 0 Å². The van der Waals surface area contributed by atoms with Gasteiger partial charge in [-0.1, -0.05) is 123 Å². The van der Waals surface area contributed by atoms with Gasteiger partial charge in [0.15, 0.2) is 0 Å². The van der Waals surface area contributed by atoms with Crippen molar-refractivity contribution in [3.05, 3.63) is 189 Å². The van der Waals surface area contributed by atoms with Crippen LogP contribution in [-0.4, -0.2) is 0 Å². The third kappa shape index (κ3) is 4.74. The summed E-state index contributed by atoms with van der Waals surface area (Å²) in [7, 11) is 0. The zero-order valence-corrected chi connectivity index (χ0v) is 19.7. The molecule has 5 rings (SSSR count). The number of hydrogen-bond acceptors (Lipinski definition) is 0. The van der Waals surface area contributed by atoms with Crippen LogP contribution in [0.5, 0.6) is 0 Å². The highest BCUT2D eigenvalue weighted by molar-refractivity contribution is 9.10. The first-order valence-corrected chi connectivity index (χ1v) is 11.9. The summed E-state index contributed by atoms with van der Waals surface area (Å²) in [4.78, 5) is 0. The van der Waals surface area contributed by atoms with E-state index in [9.17, 15) is 0 Å². The fourth-order valence-corrected chi connectivity index (χ4v) is 4.79. The van der Waals surface area contributed by atoms with Gasteiger partial charge >= 0.3 is 0 Å². The summed E-state index contributed by atoms with van der Waals surface area (Å²) in [5, 5.41) is 0. The van der Waals surface area contributed by atoms with Crippen molar-refractivity contribution in [2.24, 2.45) is 0 Å². The zero-order valence-electron chi connectivity index (χ0n) is 18.2. The lowest BCUT2D eigenvalue weighted by molar-refractivity contribution is 1.18. The summed E-state index contributed by atoms with van der Waals surface area (Å²) in [5.74, 6) is 2.44. The topological polar surface area (TPSA) is 0 Å². The Morgan fingerprint density at radius 2 is 0.848 bits per heavy atom. The van der Waals surface area contributed by atoms with Crippen LogP contribution in [-0.2, 0) is 0 Å². The van der Waals surface area contributed by atoms with Crippen molar-refractivity contribution in [1.29, 1.82) is 0 Å². The maximum absolute atomic E-state index is 3.81.